The highest BCUT2D eigenvalue weighted by molar-refractivity contribution is 5.00. The topological polar surface area (TPSA) is 36.9 Å². The van der Waals surface area contributed by atoms with Gasteiger partial charge in [-0.1, -0.05) is 6.58 Å². The van der Waals surface area contributed by atoms with Crippen LogP contribution in [0.15, 0.2) is 12.7 Å². The molecule has 1 atom stereocenters. The van der Waals surface area contributed by atoms with Crippen LogP contribution < -0.4 is 0 Å². The highest BCUT2D eigenvalue weighted by Gasteiger charge is 2.49. The second-order valence-corrected chi connectivity index (χ2v) is 3.94. The normalized spacial score (nSPS) is 34.6. The van der Waals surface area contributed by atoms with Gasteiger partial charge in [0.15, 0.2) is 5.79 Å². The molecule has 0 aliphatic carbocycles. The van der Waals surface area contributed by atoms with Gasteiger partial charge in [0, 0.05) is 0 Å². The van der Waals surface area contributed by atoms with Crippen LogP contribution in [-0.4, -0.2) is 37.5 Å². The zero-order valence-corrected chi connectivity index (χ0v) is 8.62. The molecular formula is C10H16O4. The maximum Gasteiger partial charge on any atom is 0.217 e. The molecule has 0 aromatic rings. The third-order valence-corrected chi connectivity index (χ3v) is 2.48. The van der Waals surface area contributed by atoms with E-state index >= 15 is 0 Å². The van der Waals surface area contributed by atoms with Gasteiger partial charge in [-0.3, -0.25) is 0 Å². The van der Waals surface area contributed by atoms with Gasteiger partial charge in [0.25, 0.3) is 0 Å². The van der Waals surface area contributed by atoms with Crippen molar-refractivity contribution in [3.8, 4) is 0 Å². The molecule has 2 saturated heterocycles. The fraction of sp³-hybridized carbons (Fsp3) is 0.800. The van der Waals surface area contributed by atoms with Gasteiger partial charge in [0.05, 0.1) is 19.8 Å². The summed E-state index contributed by atoms with van der Waals surface area (Å²) in [5, 5.41) is 0. The lowest BCUT2D eigenvalue weighted by Crippen LogP contribution is -2.43. The summed E-state index contributed by atoms with van der Waals surface area (Å²) < 4.78 is 22.2. The molecule has 4 nitrogen and oxygen atoms in total. The molecule has 2 aliphatic rings. The fourth-order valence-electron chi connectivity index (χ4n) is 1.76. The first kappa shape index (κ1) is 10.1. The van der Waals surface area contributed by atoms with E-state index in [9.17, 15) is 0 Å². The highest BCUT2D eigenvalue weighted by atomic mass is 16.8. The summed E-state index contributed by atoms with van der Waals surface area (Å²) in [4.78, 5) is 0. The van der Waals surface area contributed by atoms with E-state index in [-0.39, 0.29) is 6.10 Å². The van der Waals surface area contributed by atoms with Crippen molar-refractivity contribution in [1.29, 1.82) is 0 Å². The van der Waals surface area contributed by atoms with Crippen LogP contribution in [-0.2, 0) is 18.9 Å². The Kier molecular flexibility index (Phi) is 2.39. The van der Waals surface area contributed by atoms with E-state index in [1.807, 2.05) is 13.8 Å². The van der Waals surface area contributed by atoms with Crippen LogP contribution in [0.5, 0.6) is 0 Å². The van der Waals surface area contributed by atoms with Gasteiger partial charge < -0.3 is 18.9 Å². The molecule has 0 amide bonds. The Bertz CT molecular complexity index is 230. The van der Waals surface area contributed by atoms with E-state index in [0.29, 0.717) is 19.8 Å². The van der Waals surface area contributed by atoms with Gasteiger partial charge in [-0.2, -0.15) is 0 Å². The molecule has 2 heterocycles. The van der Waals surface area contributed by atoms with Crippen LogP contribution in [0.2, 0.25) is 0 Å². The van der Waals surface area contributed by atoms with Crippen molar-refractivity contribution in [1.82, 2.24) is 0 Å². The predicted octanol–water partition coefficient (Wildman–Crippen LogP) is 1.07. The molecule has 0 aromatic heterocycles. The molecule has 14 heavy (non-hydrogen) atoms. The molecule has 0 aromatic carbocycles. The number of hydrogen-bond acceptors (Lipinski definition) is 4. The van der Waals surface area contributed by atoms with Crippen LogP contribution in [0.1, 0.15) is 13.8 Å². The van der Waals surface area contributed by atoms with Crippen molar-refractivity contribution in [3.63, 3.8) is 0 Å². The van der Waals surface area contributed by atoms with Gasteiger partial charge in [0.1, 0.15) is 6.10 Å². The highest BCUT2D eigenvalue weighted by Crippen LogP contribution is 2.34. The lowest BCUT2D eigenvalue weighted by molar-refractivity contribution is -0.217. The number of rotatable bonds is 2. The van der Waals surface area contributed by atoms with Crippen LogP contribution in [0.3, 0.4) is 0 Å². The Morgan fingerprint density at radius 2 is 1.86 bits per heavy atom. The average molecular weight is 200 g/mol. The van der Waals surface area contributed by atoms with E-state index in [0.717, 1.165) is 0 Å². The minimum Gasteiger partial charge on any atom is -0.348 e. The monoisotopic (exact) mass is 200 g/mol. The number of ether oxygens (including phenoxy) is 4. The lowest BCUT2D eigenvalue weighted by atomic mass is 10.1. The summed E-state index contributed by atoms with van der Waals surface area (Å²) in [5.74, 6) is -1.37. The molecule has 0 N–H and O–H groups in total. The zero-order valence-electron chi connectivity index (χ0n) is 8.62. The Hall–Kier alpha value is -0.420. The Labute approximate surface area is 83.8 Å². The van der Waals surface area contributed by atoms with E-state index in [2.05, 4.69) is 6.58 Å². The quantitative estimate of drug-likeness (QED) is 0.625. The van der Waals surface area contributed by atoms with Gasteiger partial charge in [-0.15, -0.1) is 0 Å². The molecule has 80 valence electrons. The number of hydrogen-bond donors (Lipinski definition) is 0. The third-order valence-electron chi connectivity index (χ3n) is 2.48. The second kappa shape index (κ2) is 3.31. The van der Waals surface area contributed by atoms with E-state index in [1.165, 1.54) is 0 Å². The molecule has 2 fully saturated rings. The minimum absolute atomic E-state index is 0.225. The largest absolute Gasteiger partial charge is 0.348 e. The van der Waals surface area contributed by atoms with Gasteiger partial charge >= 0.3 is 0 Å². The summed E-state index contributed by atoms with van der Waals surface area (Å²) in [6, 6.07) is 0. The van der Waals surface area contributed by atoms with Crippen molar-refractivity contribution in [2.45, 2.75) is 31.5 Å². The Morgan fingerprint density at radius 3 is 2.29 bits per heavy atom. The standard InChI is InChI=1S/C10H16O4/c1-4-10(11-5-6-12-10)8-7-13-9(2,3)14-8/h4,8H,1,5-7H2,2-3H3. The third kappa shape index (κ3) is 1.59. The summed E-state index contributed by atoms with van der Waals surface area (Å²) in [6.07, 6.45) is 1.42. The fourth-order valence-corrected chi connectivity index (χ4v) is 1.76. The van der Waals surface area contributed by atoms with Gasteiger partial charge in [-0.25, -0.2) is 0 Å². The molecule has 0 radical (unpaired) electrons. The van der Waals surface area contributed by atoms with Crippen LogP contribution in [0, 0.1) is 0 Å². The molecule has 0 bridgehead atoms. The minimum atomic E-state index is -0.812. The van der Waals surface area contributed by atoms with Crippen LogP contribution >= 0.6 is 0 Å². The average Bonchev–Trinajstić information content (AvgIpc) is 2.72. The maximum absolute atomic E-state index is 5.68. The molecule has 0 spiro atoms. The first-order valence-corrected chi connectivity index (χ1v) is 4.81. The first-order valence-electron chi connectivity index (χ1n) is 4.81. The summed E-state index contributed by atoms with van der Waals surface area (Å²) in [7, 11) is 0. The Morgan fingerprint density at radius 1 is 1.21 bits per heavy atom. The van der Waals surface area contributed by atoms with Crippen molar-refractivity contribution in [3.05, 3.63) is 12.7 Å². The van der Waals surface area contributed by atoms with Crippen molar-refractivity contribution in [2.75, 3.05) is 19.8 Å². The van der Waals surface area contributed by atoms with E-state index < -0.39 is 11.6 Å². The summed E-state index contributed by atoms with van der Waals surface area (Å²) >= 11 is 0. The molecule has 4 heteroatoms. The van der Waals surface area contributed by atoms with E-state index in [1.54, 1.807) is 6.08 Å². The van der Waals surface area contributed by atoms with Crippen molar-refractivity contribution in [2.24, 2.45) is 0 Å². The molecule has 2 rings (SSSR count). The summed E-state index contributed by atoms with van der Waals surface area (Å²) in [6.45, 7) is 9.09. The molecule has 2 aliphatic heterocycles. The Balaban J connectivity index is 2.10. The van der Waals surface area contributed by atoms with Crippen LogP contribution in [0.4, 0.5) is 0 Å². The summed E-state index contributed by atoms with van der Waals surface area (Å²) in [5.41, 5.74) is 0. The van der Waals surface area contributed by atoms with Crippen molar-refractivity contribution >= 4 is 0 Å². The first-order chi connectivity index (χ1) is 6.58. The predicted molar refractivity (Wildman–Crippen MR) is 49.7 cm³/mol. The lowest BCUT2D eigenvalue weighted by Gasteiger charge is -2.29. The maximum atomic E-state index is 5.68. The SMILES string of the molecule is C=CC1(C2COC(C)(C)O2)OCCO1. The van der Waals surface area contributed by atoms with Crippen molar-refractivity contribution < 1.29 is 18.9 Å². The molecule has 0 saturated carbocycles. The molecule has 1 unspecified atom stereocenters. The second-order valence-electron chi connectivity index (χ2n) is 3.94. The van der Waals surface area contributed by atoms with E-state index in [4.69, 9.17) is 18.9 Å². The van der Waals surface area contributed by atoms with Crippen LogP contribution in [0.25, 0.3) is 0 Å². The molecular weight excluding hydrogens is 184 g/mol. The zero-order chi connectivity index (χ0) is 10.2. The van der Waals surface area contributed by atoms with Gasteiger partial charge in [-0.05, 0) is 19.9 Å². The smallest absolute Gasteiger partial charge is 0.217 e. The van der Waals surface area contributed by atoms with Gasteiger partial charge in [0.2, 0.25) is 5.79 Å².